The normalized spacial score (nSPS) is 13.2. The van der Waals surface area contributed by atoms with Crippen LogP contribution in [0.2, 0.25) is 0 Å². The van der Waals surface area contributed by atoms with Gasteiger partial charge < -0.3 is 5.11 Å². The molecule has 0 aliphatic heterocycles. The van der Waals surface area contributed by atoms with Crippen LogP contribution in [0, 0.1) is 0 Å². The number of hydrogen-bond acceptors (Lipinski definition) is 3. The molecule has 2 aromatic rings. The van der Waals surface area contributed by atoms with E-state index in [-0.39, 0.29) is 6.10 Å². The number of rotatable bonds is 8. The molecule has 100 valence electrons. The molecule has 0 bridgehead atoms. The van der Waals surface area contributed by atoms with E-state index in [4.69, 9.17) is 0 Å². The highest BCUT2D eigenvalue weighted by Gasteiger charge is 2.11. The molecule has 0 aliphatic rings. The Hall–Kier alpha value is -0.380. The van der Waals surface area contributed by atoms with Crippen molar-refractivity contribution in [2.45, 2.75) is 58.0 Å². The summed E-state index contributed by atoms with van der Waals surface area (Å²) in [6, 6.07) is 4.30. The third-order valence-corrected chi connectivity index (χ3v) is 5.51. The third kappa shape index (κ3) is 3.81. The maximum atomic E-state index is 10.2. The third-order valence-electron chi connectivity index (χ3n) is 3.32. The predicted octanol–water partition coefficient (Wildman–Crippen LogP) is 5.75. The van der Waals surface area contributed by atoms with Gasteiger partial charge in [-0.2, -0.15) is 0 Å². The van der Waals surface area contributed by atoms with Gasteiger partial charge in [0, 0.05) is 14.3 Å². The number of fused-ring (bicyclic) bond motifs is 1. The van der Waals surface area contributed by atoms with Crippen LogP contribution in [0.3, 0.4) is 0 Å². The van der Waals surface area contributed by atoms with Crippen molar-refractivity contribution in [1.82, 2.24) is 0 Å². The molecular formula is C15H22OS2. The van der Waals surface area contributed by atoms with Crippen LogP contribution in [0.4, 0.5) is 0 Å². The highest BCUT2D eigenvalue weighted by molar-refractivity contribution is 7.26. The first-order valence-corrected chi connectivity index (χ1v) is 8.66. The number of aliphatic hydroxyl groups excluding tert-OH is 1. The topological polar surface area (TPSA) is 20.2 Å². The molecule has 0 radical (unpaired) electrons. The minimum absolute atomic E-state index is 0.249. The summed E-state index contributed by atoms with van der Waals surface area (Å²) in [5.74, 6) is 0. The van der Waals surface area contributed by atoms with Gasteiger partial charge in [0.25, 0.3) is 0 Å². The Labute approximate surface area is 117 Å². The van der Waals surface area contributed by atoms with Crippen LogP contribution in [0.15, 0.2) is 17.5 Å². The van der Waals surface area contributed by atoms with E-state index in [1.165, 1.54) is 41.5 Å². The molecule has 0 aliphatic carbocycles. The van der Waals surface area contributed by atoms with Crippen LogP contribution in [-0.2, 0) is 0 Å². The van der Waals surface area contributed by atoms with Crippen LogP contribution >= 0.6 is 22.7 Å². The van der Waals surface area contributed by atoms with E-state index < -0.39 is 0 Å². The Morgan fingerprint density at radius 3 is 2.67 bits per heavy atom. The second-order valence-corrected chi connectivity index (χ2v) is 6.93. The van der Waals surface area contributed by atoms with Crippen LogP contribution < -0.4 is 0 Å². The Morgan fingerprint density at radius 2 is 1.89 bits per heavy atom. The maximum Gasteiger partial charge on any atom is 0.0882 e. The van der Waals surface area contributed by atoms with Gasteiger partial charge in [-0.3, -0.25) is 0 Å². The van der Waals surface area contributed by atoms with Crippen LogP contribution in [0.5, 0.6) is 0 Å². The van der Waals surface area contributed by atoms with Crippen LogP contribution in [0.25, 0.3) is 9.40 Å². The molecule has 1 atom stereocenters. The lowest BCUT2D eigenvalue weighted by Crippen LogP contribution is -1.94. The Morgan fingerprint density at radius 1 is 1.11 bits per heavy atom. The zero-order valence-corrected chi connectivity index (χ0v) is 12.7. The average Bonchev–Trinajstić information content (AvgIpc) is 2.93. The summed E-state index contributed by atoms with van der Waals surface area (Å²) in [6.45, 7) is 2.24. The summed E-state index contributed by atoms with van der Waals surface area (Å²) in [6.07, 6.45) is 8.40. The minimum Gasteiger partial charge on any atom is -0.388 e. The molecule has 0 fully saturated rings. The van der Waals surface area contributed by atoms with Crippen LogP contribution in [0.1, 0.15) is 62.9 Å². The average molecular weight is 282 g/mol. The second kappa shape index (κ2) is 7.27. The summed E-state index contributed by atoms with van der Waals surface area (Å²) >= 11 is 3.51. The standard InChI is InChI=1S/C15H22OS2/c1-2-3-4-5-6-7-8-12(16)14-11-15-13(18-14)9-10-17-15/h9-12,16H,2-8H2,1H3. The summed E-state index contributed by atoms with van der Waals surface area (Å²) in [7, 11) is 0. The fourth-order valence-electron chi connectivity index (χ4n) is 2.21. The highest BCUT2D eigenvalue weighted by Crippen LogP contribution is 2.34. The largest absolute Gasteiger partial charge is 0.388 e. The first kappa shape index (κ1) is 14.0. The smallest absolute Gasteiger partial charge is 0.0882 e. The van der Waals surface area contributed by atoms with Gasteiger partial charge in [0.1, 0.15) is 0 Å². The van der Waals surface area contributed by atoms with Crippen molar-refractivity contribution in [2.75, 3.05) is 0 Å². The first-order valence-electron chi connectivity index (χ1n) is 6.96. The van der Waals surface area contributed by atoms with Crippen molar-refractivity contribution >= 4 is 32.1 Å². The van der Waals surface area contributed by atoms with Gasteiger partial charge in [0.15, 0.2) is 0 Å². The fourth-order valence-corrected chi connectivity index (χ4v) is 4.35. The zero-order valence-electron chi connectivity index (χ0n) is 11.0. The molecule has 2 aromatic heterocycles. The maximum absolute atomic E-state index is 10.2. The van der Waals surface area contributed by atoms with Gasteiger partial charge in [-0.25, -0.2) is 0 Å². The van der Waals surface area contributed by atoms with Gasteiger partial charge >= 0.3 is 0 Å². The molecule has 0 saturated heterocycles. The van der Waals surface area contributed by atoms with Gasteiger partial charge in [0.05, 0.1) is 6.10 Å². The molecule has 1 N–H and O–H groups in total. The van der Waals surface area contributed by atoms with Crippen molar-refractivity contribution in [3.05, 3.63) is 22.4 Å². The molecule has 18 heavy (non-hydrogen) atoms. The quantitative estimate of drug-likeness (QED) is 0.611. The van der Waals surface area contributed by atoms with E-state index in [0.29, 0.717) is 0 Å². The molecule has 0 amide bonds. The zero-order chi connectivity index (χ0) is 12.8. The Balaban J connectivity index is 1.71. The summed E-state index contributed by atoms with van der Waals surface area (Å²) < 4.78 is 2.63. The molecule has 3 heteroatoms. The summed E-state index contributed by atoms with van der Waals surface area (Å²) in [5, 5.41) is 12.3. The molecule has 1 unspecified atom stereocenters. The van der Waals surface area contributed by atoms with E-state index in [0.717, 1.165) is 17.7 Å². The van der Waals surface area contributed by atoms with E-state index in [9.17, 15) is 5.11 Å². The van der Waals surface area contributed by atoms with Crippen molar-refractivity contribution in [3.8, 4) is 0 Å². The Kier molecular flexibility index (Phi) is 5.67. The predicted molar refractivity (Wildman–Crippen MR) is 82.7 cm³/mol. The minimum atomic E-state index is -0.249. The lowest BCUT2D eigenvalue weighted by atomic mass is 10.1. The van der Waals surface area contributed by atoms with E-state index in [1.54, 1.807) is 22.7 Å². The van der Waals surface area contributed by atoms with Gasteiger partial charge in [0.2, 0.25) is 0 Å². The van der Waals surface area contributed by atoms with Crippen molar-refractivity contribution in [1.29, 1.82) is 0 Å². The lowest BCUT2D eigenvalue weighted by molar-refractivity contribution is 0.167. The highest BCUT2D eigenvalue weighted by atomic mass is 32.1. The summed E-state index contributed by atoms with van der Waals surface area (Å²) in [5.41, 5.74) is 0. The molecular weight excluding hydrogens is 260 g/mol. The van der Waals surface area contributed by atoms with Gasteiger partial charge in [-0.05, 0) is 23.9 Å². The first-order chi connectivity index (χ1) is 8.81. The lowest BCUT2D eigenvalue weighted by Gasteiger charge is -2.07. The molecule has 0 spiro atoms. The molecule has 0 aromatic carbocycles. The molecule has 2 heterocycles. The fraction of sp³-hybridized carbons (Fsp3) is 0.600. The number of unbranched alkanes of at least 4 members (excludes halogenated alkanes) is 5. The van der Waals surface area contributed by atoms with Crippen molar-refractivity contribution in [2.24, 2.45) is 0 Å². The monoisotopic (exact) mass is 282 g/mol. The molecule has 1 nitrogen and oxygen atoms in total. The van der Waals surface area contributed by atoms with Crippen LogP contribution in [-0.4, -0.2) is 5.11 Å². The molecule has 0 saturated carbocycles. The van der Waals surface area contributed by atoms with E-state index in [1.807, 2.05) is 0 Å². The Bertz CT molecular complexity index is 429. The second-order valence-electron chi connectivity index (χ2n) is 4.87. The molecule has 2 rings (SSSR count). The number of hydrogen-bond donors (Lipinski definition) is 1. The van der Waals surface area contributed by atoms with Gasteiger partial charge in [-0.15, -0.1) is 22.7 Å². The van der Waals surface area contributed by atoms with Gasteiger partial charge in [-0.1, -0.05) is 45.4 Å². The van der Waals surface area contributed by atoms with E-state index >= 15 is 0 Å². The number of thiophene rings is 2. The SMILES string of the molecule is CCCCCCCCC(O)c1cc2sccc2s1. The van der Waals surface area contributed by atoms with Crippen molar-refractivity contribution < 1.29 is 5.11 Å². The van der Waals surface area contributed by atoms with Crippen molar-refractivity contribution in [3.63, 3.8) is 0 Å². The summed E-state index contributed by atoms with van der Waals surface area (Å²) in [4.78, 5) is 1.14. The number of aliphatic hydroxyl groups is 1. The van der Waals surface area contributed by atoms with E-state index in [2.05, 4.69) is 24.4 Å².